The maximum absolute atomic E-state index is 14.2. The quantitative estimate of drug-likeness (QED) is 0.729. The van der Waals surface area contributed by atoms with Crippen molar-refractivity contribution in [3.8, 4) is 0 Å². The molecular formula is C20H18FN3O3S. The molecule has 6 nitrogen and oxygen atoms in total. The van der Waals surface area contributed by atoms with E-state index < -0.39 is 26.6 Å². The lowest BCUT2D eigenvalue weighted by molar-refractivity contribution is 0.102. The molecule has 3 aromatic rings. The van der Waals surface area contributed by atoms with Crippen LogP contribution in [-0.4, -0.2) is 36.7 Å². The molecule has 0 aliphatic carbocycles. The van der Waals surface area contributed by atoms with Crippen LogP contribution in [0.2, 0.25) is 0 Å². The summed E-state index contributed by atoms with van der Waals surface area (Å²) in [4.78, 5) is 16.4. The highest BCUT2D eigenvalue weighted by Crippen LogP contribution is 2.25. The van der Waals surface area contributed by atoms with Crippen LogP contribution in [0, 0.1) is 5.82 Å². The van der Waals surface area contributed by atoms with Gasteiger partial charge in [-0.2, -0.15) is 4.31 Å². The van der Waals surface area contributed by atoms with Crippen molar-refractivity contribution in [2.45, 2.75) is 17.7 Å². The third kappa shape index (κ3) is 3.48. The summed E-state index contributed by atoms with van der Waals surface area (Å²) in [5.41, 5.74) is 1.32. The van der Waals surface area contributed by atoms with Gasteiger partial charge in [0.2, 0.25) is 10.0 Å². The van der Waals surface area contributed by atoms with E-state index in [0.29, 0.717) is 18.8 Å². The second kappa shape index (κ2) is 7.29. The summed E-state index contributed by atoms with van der Waals surface area (Å²) >= 11 is 0. The highest BCUT2D eigenvalue weighted by molar-refractivity contribution is 7.89. The molecule has 0 atom stereocenters. The second-order valence-electron chi connectivity index (χ2n) is 6.63. The molecular weight excluding hydrogens is 381 g/mol. The zero-order valence-corrected chi connectivity index (χ0v) is 15.7. The molecule has 0 unspecified atom stereocenters. The summed E-state index contributed by atoms with van der Waals surface area (Å²) in [5, 5.41) is 3.54. The molecule has 8 heteroatoms. The number of pyridine rings is 1. The predicted octanol–water partition coefficient (Wildman–Crippen LogP) is 3.41. The number of nitrogens with zero attached hydrogens (tertiary/aromatic N) is 2. The summed E-state index contributed by atoms with van der Waals surface area (Å²) in [6, 6.07) is 12.6. The molecule has 144 valence electrons. The monoisotopic (exact) mass is 399 g/mol. The molecule has 28 heavy (non-hydrogen) atoms. The lowest BCUT2D eigenvalue weighted by Gasteiger charge is -2.16. The minimum atomic E-state index is -3.96. The van der Waals surface area contributed by atoms with Crippen molar-refractivity contribution in [1.82, 2.24) is 9.29 Å². The smallest absolute Gasteiger partial charge is 0.255 e. The second-order valence-corrected chi connectivity index (χ2v) is 8.53. The highest BCUT2D eigenvalue weighted by atomic mass is 32.2. The van der Waals surface area contributed by atoms with E-state index in [4.69, 9.17) is 0 Å². The Balaban J connectivity index is 1.62. The van der Waals surface area contributed by atoms with Crippen molar-refractivity contribution in [3.05, 3.63) is 66.1 Å². The number of sulfonamides is 1. The molecule has 1 aliphatic rings. The first-order valence-corrected chi connectivity index (χ1v) is 10.3. The average molecular weight is 399 g/mol. The van der Waals surface area contributed by atoms with Gasteiger partial charge in [-0.05, 0) is 43.2 Å². The number of benzene rings is 2. The number of hydrogen-bond donors (Lipinski definition) is 1. The minimum Gasteiger partial charge on any atom is -0.321 e. The van der Waals surface area contributed by atoms with Gasteiger partial charge >= 0.3 is 0 Å². The molecule has 2 aromatic carbocycles. The number of amides is 1. The fourth-order valence-corrected chi connectivity index (χ4v) is 4.86. The van der Waals surface area contributed by atoms with Gasteiger partial charge in [0.1, 0.15) is 10.7 Å². The van der Waals surface area contributed by atoms with Gasteiger partial charge in [0.05, 0.1) is 17.4 Å². The summed E-state index contributed by atoms with van der Waals surface area (Å²) in [6.45, 7) is 0.724. The van der Waals surface area contributed by atoms with Crippen molar-refractivity contribution >= 4 is 32.5 Å². The van der Waals surface area contributed by atoms with E-state index in [1.807, 2.05) is 24.3 Å². The Labute approximate surface area is 162 Å². The Morgan fingerprint density at radius 1 is 1.07 bits per heavy atom. The van der Waals surface area contributed by atoms with Crippen LogP contribution in [0.4, 0.5) is 10.1 Å². The van der Waals surface area contributed by atoms with E-state index in [-0.39, 0.29) is 5.56 Å². The number of halogens is 1. The number of anilines is 1. The molecule has 1 amide bonds. The van der Waals surface area contributed by atoms with Crippen LogP contribution < -0.4 is 5.32 Å². The fraction of sp³-hybridized carbons (Fsp3) is 0.200. The molecule has 1 aromatic heterocycles. The normalized spacial score (nSPS) is 15.0. The zero-order chi connectivity index (χ0) is 19.7. The molecule has 1 aliphatic heterocycles. The van der Waals surface area contributed by atoms with Crippen LogP contribution in [0.15, 0.2) is 59.6 Å². The van der Waals surface area contributed by atoms with Crippen molar-refractivity contribution < 1.29 is 17.6 Å². The maximum Gasteiger partial charge on any atom is 0.255 e. The van der Waals surface area contributed by atoms with Crippen LogP contribution in [-0.2, 0) is 10.0 Å². The van der Waals surface area contributed by atoms with Gasteiger partial charge in [-0.15, -0.1) is 0 Å². The van der Waals surface area contributed by atoms with E-state index in [9.17, 15) is 17.6 Å². The third-order valence-electron chi connectivity index (χ3n) is 4.72. The van der Waals surface area contributed by atoms with Crippen LogP contribution >= 0.6 is 0 Å². The number of hydrogen-bond acceptors (Lipinski definition) is 4. The summed E-state index contributed by atoms with van der Waals surface area (Å²) < 4.78 is 40.8. The largest absolute Gasteiger partial charge is 0.321 e. The molecule has 2 heterocycles. The Morgan fingerprint density at radius 2 is 1.82 bits per heavy atom. The molecule has 4 rings (SSSR count). The first kappa shape index (κ1) is 18.5. The maximum atomic E-state index is 14.2. The van der Waals surface area contributed by atoms with Crippen LogP contribution in [0.5, 0.6) is 0 Å². The average Bonchev–Trinajstić information content (AvgIpc) is 3.24. The number of para-hydroxylation sites is 1. The number of nitrogens with one attached hydrogen (secondary N) is 1. The van der Waals surface area contributed by atoms with Gasteiger partial charge in [-0.3, -0.25) is 9.78 Å². The van der Waals surface area contributed by atoms with E-state index in [1.54, 1.807) is 6.07 Å². The summed E-state index contributed by atoms with van der Waals surface area (Å²) in [6.07, 6.45) is 3.01. The summed E-state index contributed by atoms with van der Waals surface area (Å²) in [5.74, 6) is -1.40. The van der Waals surface area contributed by atoms with Gasteiger partial charge in [0.15, 0.2) is 0 Å². The number of aromatic nitrogens is 1. The molecule has 0 spiro atoms. The standard InChI is InChI=1S/C20H18FN3O3S/c21-17-8-7-15(12-19(17)28(26,27)24-9-3-4-10-24)20(25)23-16-11-14-5-1-2-6-18(14)22-13-16/h1-2,5-8,11-13H,3-4,9-10H2,(H,23,25). The van der Waals surface area contributed by atoms with E-state index in [1.165, 1.54) is 16.6 Å². The number of carbonyl (C=O) groups is 1. The van der Waals surface area contributed by atoms with Crippen LogP contribution in [0.25, 0.3) is 10.9 Å². The Hall–Kier alpha value is -2.84. The van der Waals surface area contributed by atoms with Crippen molar-refractivity contribution in [3.63, 3.8) is 0 Å². The molecule has 1 saturated heterocycles. The SMILES string of the molecule is O=C(Nc1cnc2ccccc2c1)c1ccc(F)c(S(=O)(=O)N2CCCC2)c1. The van der Waals surface area contributed by atoms with Gasteiger partial charge in [-0.1, -0.05) is 18.2 Å². The van der Waals surface area contributed by atoms with Crippen molar-refractivity contribution in [1.29, 1.82) is 0 Å². The Morgan fingerprint density at radius 3 is 2.61 bits per heavy atom. The van der Waals surface area contributed by atoms with E-state index in [2.05, 4.69) is 10.3 Å². The van der Waals surface area contributed by atoms with Gasteiger partial charge in [0.25, 0.3) is 5.91 Å². The third-order valence-corrected chi connectivity index (χ3v) is 6.64. The van der Waals surface area contributed by atoms with Gasteiger partial charge in [-0.25, -0.2) is 12.8 Å². The number of fused-ring (bicyclic) bond motifs is 1. The van der Waals surface area contributed by atoms with Crippen molar-refractivity contribution in [2.75, 3.05) is 18.4 Å². The van der Waals surface area contributed by atoms with Crippen molar-refractivity contribution in [2.24, 2.45) is 0 Å². The first-order chi connectivity index (χ1) is 13.4. The molecule has 0 saturated carbocycles. The zero-order valence-electron chi connectivity index (χ0n) is 14.9. The predicted molar refractivity (Wildman–Crippen MR) is 104 cm³/mol. The first-order valence-electron chi connectivity index (χ1n) is 8.91. The number of carbonyl (C=O) groups excluding carboxylic acids is 1. The van der Waals surface area contributed by atoms with Gasteiger partial charge < -0.3 is 5.32 Å². The van der Waals surface area contributed by atoms with Gasteiger partial charge in [0, 0.05) is 24.0 Å². The lowest BCUT2D eigenvalue weighted by atomic mass is 10.2. The molecule has 1 N–H and O–H groups in total. The topological polar surface area (TPSA) is 79.4 Å². The minimum absolute atomic E-state index is 0.0623. The Kier molecular flexibility index (Phi) is 4.82. The lowest BCUT2D eigenvalue weighted by Crippen LogP contribution is -2.29. The number of rotatable bonds is 4. The van der Waals surface area contributed by atoms with Crippen LogP contribution in [0.3, 0.4) is 0 Å². The molecule has 0 bridgehead atoms. The summed E-state index contributed by atoms with van der Waals surface area (Å²) in [7, 11) is -3.96. The van der Waals surface area contributed by atoms with E-state index in [0.717, 1.165) is 35.9 Å². The fourth-order valence-electron chi connectivity index (χ4n) is 3.25. The molecule has 1 fully saturated rings. The highest BCUT2D eigenvalue weighted by Gasteiger charge is 2.30. The van der Waals surface area contributed by atoms with Crippen LogP contribution in [0.1, 0.15) is 23.2 Å². The molecule has 0 radical (unpaired) electrons. The van der Waals surface area contributed by atoms with E-state index >= 15 is 0 Å². The Bertz CT molecular complexity index is 1160.